The lowest BCUT2D eigenvalue weighted by atomic mass is 9.85. The van der Waals surface area contributed by atoms with Crippen LogP contribution in [0.4, 0.5) is 4.79 Å². The maximum atomic E-state index is 14.4. The largest absolute Gasteiger partial charge is 0.507 e. The molecule has 0 aromatic heterocycles. The highest BCUT2D eigenvalue weighted by Gasteiger charge is 2.39. The van der Waals surface area contributed by atoms with E-state index in [2.05, 4.69) is 26.6 Å². The van der Waals surface area contributed by atoms with Gasteiger partial charge in [0.05, 0.1) is 26.4 Å². The van der Waals surface area contributed by atoms with E-state index in [1.807, 2.05) is 73.7 Å². The normalized spacial score (nSPS) is 13.8. The van der Waals surface area contributed by atoms with Crippen LogP contribution >= 0.6 is 0 Å². The Labute approximate surface area is 358 Å². The minimum Gasteiger partial charge on any atom is -0.507 e. The summed E-state index contributed by atoms with van der Waals surface area (Å²) in [5, 5.41) is 37.3. The van der Waals surface area contributed by atoms with Crippen molar-refractivity contribution in [3.63, 3.8) is 0 Å². The number of carbonyl (C=O) groups is 4. The van der Waals surface area contributed by atoms with Crippen molar-refractivity contribution in [3.05, 3.63) is 125 Å². The number of aliphatic hydroxyl groups is 1. The summed E-state index contributed by atoms with van der Waals surface area (Å²) in [5.41, 5.74) is 2.97. The van der Waals surface area contributed by atoms with Crippen molar-refractivity contribution >= 4 is 23.8 Å². The van der Waals surface area contributed by atoms with Gasteiger partial charge in [-0.25, -0.2) is 4.79 Å². The topological polar surface area (TPSA) is 197 Å². The van der Waals surface area contributed by atoms with E-state index in [9.17, 15) is 29.4 Å². The van der Waals surface area contributed by atoms with Gasteiger partial charge in [0.1, 0.15) is 42.0 Å². The van der Waals surface area contributed by atoms with Crippen molar-refractivity contribution < 1.29 is 43.6 Å². The first-order valence-corrected chi connectivity index (χ1v) is 20.3. The zero-order valence-corrected chi connectivity index (χ0v) is 36.3. The van der Waals surface area contributed by atoms with Gasteiger partial charge in [0.25, 0.3) is 0 Å². The summed E-state index contributed by atoms with van der Waals surface area (Å²) in [6.45, 7) is 11.0. The van der Waals surface area contributed by atoms with Gasteiger partial charge in [-0.1, -0.05) is 107 Å². The fourth-order valence-corrected chi connectivity index (χ4v) is 6.64. The first-order chi connectivity index (χ1) is 29.0. The molecule has 0 radical (unpaired) electrons. The Morgan fingerprint density at radius 2 is 1.34 bits per heavy atom. The summed E-state index contributed by atoms with van der Waals surface area (Å²) in [5.74, 6) is -1.17. The molecular formula is C47H61N5O9. The summed E-state index contributed by atoms with van der Waals surface area (Å²) in [7, 11) is 3.04. The molecule has 14 nitrogen and oxygen atoms in total. The molecule has 0 aliphatic carbocycles. The van der Waals surface area contributed by atoms with E-state index in [0.29, 0.717) is 17.1 Å². The van der Waals surface area contributed by atoms with Crippen LogP contribution in [-0.2, 0) is 45.2 Å². The molecule has 0 fully saturated rings. The molecule has 61 heavy (non-hydrogen) atoms. The highest BCUT2D eigenvalue weighted by atomic mass is 16.5. The fourth-order valence-electron chi connectivity index (χ4n) is 6.64. The van der Waals surface area contributed by atoms with E-state index in [0.717, 1.165) is 22.3 Å². The molecule has 0 spiro atoms. The number of rotatable bonds is 20. The van der Waals surface area contributed by atoms with Crippen LogP contribution in [0.25, 0.3) is 0 Å². The number of amides is 4. The molecule has 4 rings (SSSR count). The molecule has 4 aromatic rings. The van der Waals surface area contributed by atoms with Crippen molar-refractivity contribution in [3.8, 4) is 17.2 Å². The van der Waals surface area contributed by atoms with E-state index < -0.39 is 65.4 Å². The van der Waals surface area contributed by atoms with Crippen LogP contribution in [0, 0.1) is 18.3 Å². The molecule has 328 valence electrons. The highest BCUT2D eigenvalue weighted by molar-refractivity contribution is 5.91. The molecule has 0 aliphatic rings. The lowest BCUT2D eigenvalue weighted by Gasteiger charge is -2.35. The van der Waals surface area contributed by atoms with Gasteiger partial charge in [-0.2, -0.15) is 0 Å². The molecule has 0 saturated carbocycles. The number of benzene rings is 4. The fraction of sp³-hybridized carbons (Fsp3) is 0.404. The molecule has 4 aromatic carbocycles. The predicted octanol–water partition coefficient (Wildman–Crippen LogP) is 5.06. The quantitative estimate of drug-likeness (QED) is 0.0632. The number of aliphatic hydroxyl groups excluding tert-OH is 1. The molecule has 0 aliphatic heterocycles. The second-order valence-electron chi connectivity index (χ2n) is 16.5. The zero-order valence-electron chi connectivity index (χ0n) is 36.3. The summed E-state index contributed by atoms with van der Waals surface area (Å²) < 4.78 is 16.0. The Morgan fingerprint density at radius 1 is 0.689 bits per heavy atom. The third-order valence-electron chi connectivity index (χ3n) is 10.2. The maximum absolute atomic E-state index is 14.4. The van der Waals surface area contributed by atoms with Crippen molar-refractivity contribution in [1.82, 2.24) is 26.6 Å². The minimum atomic E-state index is -1.57. The molecule has 4 amide bonds. The Morgan fingerprint density at radius 3 is 1.95 bits per heavy atom. The van der Waals surface area contributed by atoms with Crippen molar-refractivity contribution in [2.75, 3.05) is 14.2 Å². The molecule has 14 heteroatoms. The number of methoxy groups -OCH3 is 2. The van der Waals surface area contributed by atoms with Gasteiger partial charge in [-0.3, -0.25) is 19.7 Å². The van der Waals surface area contributed by atoms with Gasteiger partial charge < -0.3 is 45.7 Å². The first-order valence-electron chi connectivity index (χ1n) is 20.3. The van der Waals surface area contributed by atoms with Crippen LogP contribution in [0.1, 0.15) is 62.4 Å². The summed E-state index contributed by atoms with van der Waals surface area (Å²) >= 11 is 0. The SMILES string of the molecule is COc1ccc(CN[C@@H](C(=O)N[C@H](C(=O)NCc2ccc(OC)cc2O)C(C)C)[C@H](O)[C@H](Cc2ccccc2)NC(=O)[C@@H](NC(=O)OCc2cccc(C)c2)C(C)(C)C)cc1. The number of aryl methyl sites for hydroxylation is 1. The van der Waals surface area contributed by atoms with E-state index in [4.69, 9.17) is 14.2 Å². The van der Waals surface area contributed by atoms with Gasteiger partial charge in [-0.05, 0) is 65.6 Å². The summed E-state index contributed by atoms with van der Waals surface area (Å²) in [4.78, 5) is 55.5. The van der Waals surface area contributed by atoms with E-state index in [-0.39, 0.29) is 31.9 Å². The van der Waals surface area contributed by atoms with Gasteiger partial charge in [0.15, 0.2) is 0 Å². The summed E-state index contributed by atoms with van der Waals surface area (Å²) in [6.07, 6.45) is -2.26. The number of phenolic OH excluding ortho intramolecular Hbond substituents is 1. The van der Waals surface area contributed by atoms with Crippen molar-refractivity contribution in [2.24, 2.45) is 11.3 Å². The van der Waals surface area contributed by atoms with E-state index in [1.165, 1.54) is 13.2 Å². The average molecular weight is 840 g/mol. The number of carbonyl (C=O) groups excluding carboxylic acids is 4. The number of hydrogen-bond acceptors (Lipinski definition) is 10. The minimum absolute atomic E-state index is 0.00263. The van der Waals surface area contributed by atoms with Gasteiger partial charge in [0, 0.05) is 24.7 Å². The number of aromatic hydroxyl groups is 1. The van der Waals surface area contributed by atoms with Crippen LogP contribution in [0.5, 0.6) is 17.2 Å². The van der Waals surface area contributed by atoms with Crippen molar-refractivity contribution in [2.45, 2.75) is 97.9 Å². The first kappa shape index (κ1) is 47.6. The van der Waals surface area contributed by atoms with Crippen LogP contribution in [-0.4, -0.2) is 78.5 Å². The maximum Gasteiger partial charge on any atom is 0.408 e. The smallest absolute Gasteiger partial charge is 0.408 e. The third-order valence-corrected chi connectivity index (χ3v) is 10.2. The number of phenols is 1. The number of ether oxygens (including phenoxy) is 3. The number of nitrogens with one attached hydrogen (secondary N) is 5. The van der Waals surface area contributed by atoms with Gasteiger partial charge >= 0.3 is 6.09 Å². The molecule has 7 N–H and O–H groups in total. The molecular weight excluding hydrogens is 779 g/mol. The molecule has 0 unspecified atom stereocenters. The second kappa shape index (κ2) is 22.5. The monoisotopic (exact) mass is 839 g/mol. The van der Waals surface area contributed by atoms with Crippen molar-refractivity contribution in [1.29, 1.82) is 0 Å². The lowest BCUT2D eigenvalue weighted by molar-refractivity contribution is -0.134. The summed E-state index contributed by atoms with van der Waals surface area (Å²) in [6, 6.07) is 24.0. The Balaban J connectivity index is 1.61. The zero-order chi connectivity index (χ0) is 44.7. The third kappa shape index (κ3) is 14.5. The van der Waals surface area contributed by atoms with Gasteiger partial charge in [0.2, 0.25) is 17.7 Å². The molecule has 5 atom stereocenters. The molecule has 0 bridgehead atoms. The molecule has 0 heterocycles. The van der Waals surface area contributed by atoms with Crippen LogP contribution in [0.15, 0.2) is 97.1 Å². The van der Waals surface area contributed by atoms with Crippen LogP contribution in [0.2, 0.25) is 0 Å². The van der Waals surface area contributed by atoms with E-state index >= 15 is 0 Å². The Hall–Kier alpha value is -6.12. The molecule has 0 saturated heterocycles. The second-order valence-corrected chi connectivity index (χ2v) is 16.5. The number of alkyl carbamates (subject to hydrolysis) is 1. The standard InChI is InChI=1S/C47H61N5O9/c1-29(2)39(43(55)49-27-34-19-22-36(60-8)25-38(34)53)51-44(56)40(48-26-32-17-20-35(59-7)21-18-32)41(54)37(24-31-14-10-9-11-15-31)50-45(57)42(47(4,5)6)52-46(58)61-28-33-16-12-13-30(3)23-33/h9-23,25,29,37,39-42,48,53-54H,24,26-28H2,1-8H3,(H,49,55)(H,50,57)(H,51,56)(H,52,58)/t37-,39-,40+,41+,42+/m0/s1. The number of hydrogen-bond donors (Lipinski definition) is 7. The lowest BCUT2D eigenvalue weighted by Crippen LogP contribution is -2.63. The van der Waals surface area contributed by atoms with Gasteiger partial charge in [-0.15, -0.1) is 0 Å². The van der Waals surface area contributed by atoms with E-state index in [1.54, 1.807) is 66.0 Å². The Kier molecular flexibility index (Phi) is 17.5. The average Bonchev–Trinajstić information content (AvgIpc) is 3.23. The van der Waals surface area contributed by atoms with Crippen LogP contribution in [0.3, 0.4) is 0 Å². The van der Waals surface area contributed by atoms with Crippen LogP contribution < -0.4 is 36.1 Å². The predicted molar refractivity (Wildman–Crippen MR) is 233 cm³/mol. The highest BCUT2D eigenvalue weighted by Crippen LogP contribution is 2.24. The Bertz CT molecular complexity index is 2050.